The zero-order chi connectivity index (χ0) is 11.3. The van der Waals surface area contributed by atoms with Crippen molar-refractivity contribution in [3.05, 3.63) is 0 Å². The zero-order valence-corrected chi connectivity index (χ0v) is 10.9. The number of halogens is 1. The summed E-state index contributed by atoms with van der Waals surface area (Å²) >= 11 is 0. The van der Waals surface area contributed by atoms with E-state index in [1.54, 1.807) is 0 Å². The lowest BCUT2D eigenvalue weighted by Gasteiger charge is -2.57. The van der Waals surface area contributed by atoms with E-state index in [0.717, 1.165) is 17.8 Å². The molecule has 98 valence electrons. The molecule has 4 fully saturated rings. The highest BCUT2D eigenvalue weighted by Gasteiger charge is 2.51. The van der Waals surface area contributed by atoms with Gasteiger partial charge in [0, 0.05) is 0 Å². The van der Waals surface area contributed by atoms with E-state index in [0.29, 0.717) is 11.8 Å². The van der Waals surface area contributed by atoms with Crippen molar-refractivity contribution in [2.75, 3.05) is 0 Å². The average Bonchev–Trinajstić information content (AvgIpc) is 2.13. The maximum absolute atomic E-state index is 10.9. The lowest BCUT2D eigenvalue weighted by atomic mass is 9.48. The maximum Gasteiger partial charge on any atom is 0.320 e. The Labute approximate surface area is 109 Å². The summed E-state index contributed by atoms with van der Waals surface area (Å²) in [6.45, 7) is 0. The second-order valence-electron chi connectivity index (χ2n) is 6.57. The molecule has 4 aliphatic carbocycles. The average molecular weight is 260 g/mol. The molecule has 0 unspecified atom stereocenters. The molecule has 0 heterocycles. The fraction of sp³-hybridized carbons (Fsp3) is 0.923. The van der Waals surface area contributed by atoms with E-state index in [2.05, 4.69) is 0 Å². The van der Waals surface area contributed by atoms with Gasteiger partial charge in [-0.05, 0) is 68.1 Å². The number of rotatable bonds is 3. The molecule has 0 aromatic rings. The standard InChI is InChI=1S/C13H21NO2.ClH/c14-11(12(15)16)7-13-4-8-1-9(5-13)3-10(2-8)6-13;/h8-11H,1-7,14H2,(H,15,16);1H/t8?,9?,10?,11-,13?;/m0./s1. The van der Waals surface area contributed by atoms with Crippen LogP contribution in [0.3, 0.4) is 0 Å². The Morgan fingerprint density at radius 2 is 1.59 bits per heavy atom. The number of nitrogens with two attached hydrogens (primary N) is 1. The first-order valence-corrected chi connectivity index (χ1v) is 6.55. The molecule has 0 amide bonds. The normalized spacial score (nSPS) is 44.2. The Morgan fingerprint density at radius 1 is 1.18 bits per heavy atom. The fourth-order valence-corrected chi connectivity index (χ4v) is 5.09. The van der Waals surface area contributed by atoms with Crippen LogP contribution in [0.2, 0.25) is 0 Å². The van der Waals surface area contributed by atoms with Crippen LogP contribution in [-0.4, -0.2) is 17.1 Å². The van der Waals surface area contributed by atoms with Crippen LogP contribution in [0.1, 0.15) is 44.9 Å². The molecule has 0 spiro atoms. The molecule has 4 saturated carbocycles. The first-order chi connectivity index (χ1) is 7.56. The predicted molar refractivity (Wildman–Crippen MR) is 68.1 cm³/mol. The van der Waals surface area contributed by atoms with Gasteiger partial charge in [0.05, 0.1) is 0 Å². The Hall–Kier alpha value is -0.280. The molecule has 3 nitrogen and oxygen atoms in total. The molecule has 4 aliphatic rings. The molecule has 0 radical (unpaired) electrons. The minimum atomic E-state index is -0.823. The molecule has 3 N–H and O–H groups in total. The van der Waals surface area contributed by atoms with E-state index in [1.165, 1.54) is 38.5 Å². The highest BCUT2D eigenvalue weighted by molar-refractivity contribution is 5.85. The second-order valence-corrected chi connectivity index (χ2v) is 6.57. The van der Waals surface area contributed by atoms with Crippen LogP contribution in [0, 0.1) is 23.2 Å². The van der Waals surface area contributed by atoms with Gasteiger partial charge in [-0.25, -0.2) is 0 Å². The van der Waals surface area contributed by atoms with Crippen LogP contribution in [0.15, 0.2) is 0 Å². The van der Waals surface area contributed by atoms with E-state index in [4.69, 9.17) is 10.8 Å². The Morgan fingerprint density at radius 3 is 1.94 bits per heavy atom. The second kappa shape index (κ2) is 4.43. The monoisotopic (exact) mass is 259 g/mol. The molecule has 4 bridgehead atoms. The van der Waals surface area contributed by atoms with Gasteiger partial charge in [0.2, 0.25) is 0 Å². The van der Waals surface area contributed by atoms with Gasteiger partial charge in [-0.3, -0.25) is 4.79 Å². The minimum Gasteiger partial charge on any atom is -0.480 e. The number of hydrogen-bond donors (Lipinski definition) is 2. The van der Waals surface area contributed by atoms with E-state index < -0.39 is 12.0 Å². The van der Waals surface area contributed by atoms with Crippen molar-refractivity contribution >= 4 is 18.4 Å². The highest BCUT2D eigenvalue weighted by atomic mass is 35.5. The zero-order valence-electron chi connectivity index (χ0n) is 10.1. The molecule has 1 atom stereocenters. The Kier molecular flexibility index (Phi) is 3.43. The van der Waals surface area contributed by atoms with Gasteiger partial charge in [0.15, 0.2) is 0 Å². The largest absolute Gasteiger partial charge is 0.480 e. The van der Waals surface area contributed by atoms with Gasteiger partial charge in [0.25, 0.3) is 0 Å². The summed E-state index contributed by atoms with van der Waals surface area (Å²) < 4.78 is 0. The summed E-state index contributed by atoms with van der Waals surface area (Å²) in [4.78, 5) is 10.9. The summed E-state index contributed by atoms with van der Waals surface area (Å²) in [6.07, 6.45) is 8.68. The molecule has 0 aromatic carbocycles. The lowest BCUT2D eigenvalue weighted by molar-refractivity contribution is -0.141. The third-order valence-corrected chi connectivity index (χ3v) is 5.14. The van der Waals surface area contributed by atoms with Crippen molar-refractivity contribution in [2.24, 2.45) is 28.9 Å². The minimum absolute atomic E-state index is 0. The SMILES string of the molecule is Cl.N[C@@H](CC12CC3CC(CC(C3)C1)C2)C(=O)O. The summed E-state index contributed by atoms with van der Waals surface area (Å²) in [7, 11) is 0. The number of aliphatic carboxylic acids is 1. The molecular formula is C13H22ClNO2. The lowest BCUT2D eigenvalue weighted by Crippen LogP contribution is -2.49. The van der Waals surface area contributed by atoms with Crippen molar-refractivity contribution in [3.8, 4) is 0 Å². The van der Waals surface area contributed by atoms with E-state index in [9.17, 15) is 4.79 Å². The van der Waals surface area contributed by atoms with Crippen molar-refractivity contribution in [1.82, 2.24) is 0 Å². The summed E-state index contributed by atoms with van der Waals surface area (Å²) in [5.74, 6) is 1.82. The van der Waals surface area contributed by atoms with Crippen LogP contribution < -0.4 is 5.73 Å². The fourth-order valence-electron chi connectivity index (χ4n) is 5.09. The van der Waals surface area contributed by atoms with Gasteiger partial charge in [0.1, 0.15) is 6.04 Å². The number of carbonyl (C=O) groups is 1. The van der Waals surface area contributed by atoms with Crippen molar-refractivity contribution in [1.29, 1.82) is 0 Å². The third kappa shape index (κ3) is 2.32. The quantitative estimate of drug-likeness (QED) is 0.818. The molecule has 0 aliphatic heterocycles. The van der Waals surface area contributed by atoms with Crippen molar-refractivity contribution in [2.45, 2.75) is 51.0 Å². The summed E-state index contributed by atoms with van der Waals surface area (Å²) in [5.41, 5.74) is 6.04. The number of carboxylic acids is 1. The van der Waals surface area contributed by atoms with Crippen LogP contribution in [0.25, 0.3) is 0 Å². The Balaban J connectivity index is 0.00000108. The van der Waals surface area contributed by atoms with Crippen LogP contribution in [-0.2, 0) is 4.79 Å². The highest BCUT2D eigenvalue weighted by Crippen LogP contribution is 2.61. The van der Waals surface area contributed by atoms with Gasteiger partial charge >= 0.3 is 5.97 Å². The smallest absolute Gasteiger partial charge is 0.320 e. The molecule has 17 heavy (non-hydrogen) atoms. The number of carboxylic acid groups (broad SMARTS) is 1. The third-order valence-electron chi connectivity index (χ3n) is 5.14. The van der Waals surface area contributed by atoms with Gasteiger partial charge < -0.3 is 10.8 Å². The molecule has 0 aromatic heterocycles. The van der Waals surface area contributed by atoms with E-state index >= 15 is 0 Å². The van der Waals surface area contributed by atoms with E-state index in [1.807, 2.05) is 0 Å². The topological polar surface area (TPSA) is 63.3 Å². The molecule has 0 saturated heterocycles. The van der Waals surface area contributed by atoms with E-state index in [-0.39, 0.29) is 12.4 Å². The van der Waals surface area contributed by atoms with Crippen LogP contribution in [0.5, 0.6) is 0 Å². The van der Waals surface area contributed by atoms with Gasteiger partial charge in [-0.1, -0.05) is 0 Å². The van der Waals surface area contributed by atoms with Crippen molar-refractivity contribution in [3.63, 3.8) is 0 Å². The molecular weight excluding hydrogens is 238 g/mol. The van der Waals surface area contributed by atoms with Crippen LogP contribution >= 0.6 is 12.4 Å². The Bertz CT molecular complexity index is 283. The predicted octanol–water partition coefficient (Wildman–Crippen LogP) is 2.43. The molecule has 4 heteroatoms. The first kappa shape index (κ1) is 13.2. The summed E-state index contributed by atoms with van der Waals surface area (Å²) in [5, 5.41) is 8.96. The van der Waals surface area contributed by atoms with Gasteiger partial charge in [-0.2, -0.15) is 0 Å². The maximum atomic E-state index is 10.9. The van der Waals surface area contributed by atoms with Crippen LogP contribution in [0.4, 0.5) is 0 Å². The first-order valence-electron chi connectivity index (χ1n) is 6.55. The molecule has 4 rings (SSSR count). The number of hydrogen-bond acceptors (Lipinski definition) is 2. The van der Waals surface area contributed by atoms with Gasteiger partial charge in [-0.15, -0.1) is 12.4 Å². The van der Waals surface area contributed by atoms with Crippen molar-refractivity contribution < 1.29 is 9.90 Å². The summed E-state index contributed by atoms with van der Waals surface area (Å²) in [6, 6.07) is -0.642.